The van der Waals surface area contributed by atoms with E-state index in [1.54, 1.807) is 18.5 Å². The van der Waals surface area contributed by atoms with Crippen LogP contribution in [0.2, 0.25) is 0 Å². The monoisotopic (exact) mass is 603 g/mol. The van der Waals surface area contributed by atoms with Crippen molar-refractivity contribution in [1.82, 2.24) is 14.3 Å². The van der Waals surface area contributed by atoms with Gasteiger partial charge in [-0.2, -0.15) is 13.2 Å². The number of carbonyl (C=O) groups is 1. The molecule has 0 unspecified atom stereocenters. The molecule has 0 atom stereocenters. The number of halogens is 3. The second-order valence-corrected chi connectivity index (χ2v) is 10.5. The van der Waals surface area contributed by atoms with E-state index in [1.807, 2.05) is 42.7 Å². The van der Waals surface area contributed by atoms with E-state index < -0.39 is 17.6 Å². The molecule has 1 aliphatic heterocycles. The number of anilines is 2. The van der Waals surface area contributed by atoms with Gasteiger partial charge in [-0.25, -0.2) is 4.98 Å². The summed E-state index contributed by atoms with van der Waals surface area (Å²) in [6, 6.07) is 8.56. The number of benzene rings is 1. The average molecular weight is 604 g/mol. The molecule has 4 rings (SSSR count). The highest BCUT2D eigenvalue weighted by molar-refractivity contribution is 5.92. The Kier molecular flexibility index (Phi) is 10.6. The van der Waals surface area contributed by atoms with Gasteiger partial charge in [-0.15, -0.1) is 0 Å². The van der Waals surface area contributed by atoms with Crippen LogP contribution in [0.25, 0.3) is 5.65 Å². The number of hydrogen-bond acceptors (Lipinski definition) is 6. The van der Waals surface area contributed by atoms with Crippen LogP contribution in [0, 0.1) is 11.8 Å². The summed E-state index contributed by atoms with van der Waals surface area (Å²) in [4.78, 5) is 24.1. The van der Waals surface area contributed by atoms with Gasteiger partial charge in [0.1, 0.15) is 5.69 Å². The van der Waals surface area contributed by atoms with Gasteiger partial charge in [0.25, 0.3) is 0 Å². The van der Waals surface area contributed by atoms with Crippen molar-refractivity contribution in [3.63, 3.8) is 0 Å². The Labute approximate surface area is 255 Å². The molecular weight excluding hydrogens is 567 g/mol. The second-order valence-electron chi connectivity index (χ2n) is 10.5. The Bertz CT molecular complexity index is 1660. The molecule has 1 amide bonds. The van der Waals surface area contributed by atoms with Crippen LogP contribution in [0.4, 0.5) is 24.5 Å². The topological polar surface area (TPSA) is 100 Å². The van der Waals surface area contributed by atoms with Gasteiger partial charge in [-0.1, -0.05) is 24.1 Å². The fourth-order valence-electron chi connectivity index (χ4n) is 4.58. The summed E-state index contributed by atoms with van der Waals surface area (Å²) in [5, 5.41) is 5.83. The molecule has 3 heterocycles. The lowest BCUT2D eigenvalue weighted by Gasteiger charge is -2.26. The number of imidazole rings is 1. The Balaban J connectivity index is 1.48. The van der Waals surface area contributed by atoms with Crippen LogP contribution in [-0.4, -0.2) is 52.6 Å². The lowest BCUT2D eigenvalue weighted by atomic mass is 10.1. The number of amides is 1. The highest BCUT2D eigenvalue weighted by atomic mass is 19.4. The lowest BCUT2D eigenvalue weighted by molar-refractivity contribution is -0.137. The largest absolute Gasteiger partial charge is 0.416 e. The standard InChI is InChI=1S/C33H36F3N7O/c1-4-23(2)24(11-13-31(44)41-27-8-5-7-25(19-27)33(34,35)36)10-12-29-22-39-32-30(9-6-16-43(29)32)40-28(20-37)21-38-26-14-17-42(3)18-15-26/h4-9,11,16,19-22,26,40H,13-15,17-18,37H2,1-3H3,(H,41,44)/b23-4-,24-11-,28-20?,38-21?. The summed E-state index contributed by atoms with van der Waals surface area (Å²) in [5.41, 5.74) is 9.27. The molecule has 0 spiro atoms. The number of aliphatic imine (C=N–C) groups is 1. The smallest absolute Gasteiger partial charge is 0.403 e. The molecule has 1 aliphatic rings. The quantitative estimate of drug-likeness (QED) is 0.167. The molecule has 0 saturated carbocycles. The summed E-state index contributed by atoms with van der Waals surface area (Å²) >= 11 is 0. The van der Waals surface area contributed by atoms with E-state index in [0.29, 0.717) is 22.6 Å². The van der Waals surface area contributed by atoms with Crippen molar-refractivity contribution in [2.24, 2.45) is 10.7 Å². The number of fused-ring (bicyclic) bond motifs is 1. The molecule has 44 heavy (non-hydrogen) atoms. The minimum atomic E-state index is -4.50. The number of nitrogens with zero attached hydrogens (tertiary/aromatic N) is 4. The molecule has 1 saturated heterocycles. The second kappa shape index (κ2) is 14.6. The van der Waals surface area contributed by atoms with Crippen LogP contribution in [0.1, 0.15) is 44.4 Å². The molecule has 0 bridgehead atoms. The third kappa shape index (κ3) is 8.61. The summed E-state index contributed by atoms with van der Waals surface area (Å²) in [6.07, 6.45) is 7.73. The van der Waals surface area contributed by atoms with Crippen molar-refractivity contribution in [3.05, 3.63) is 95.2 Å². The molecule has 0 radical (unpaired) electrons. The molecule has 8 nitrogen and oxygen atoms in total. The number of allylic oxidation sites excluding steroid dienone is 4. The first kappa shape index (κ1) is 32.1. The van der Waals surface area contributed by atoms with Crippen molar-refractivity contribution in [1.29, 1.82) is 0 Å². The number of nitrogens with two attached hydrogens (primary N) is 1. The predicted molar refractivity (Wildman–Crippen MR) is 169 cm³/mol. The first-order chi connectivity index (χ1) is 21.1. The zero-order valence-electron chi connectivity index (χ0n) is 24.9. The fourth-order valence-corrected chi connectivity index (χ4v) is 4.58. The first-order valence-corrected chi connectivity index (χ1v) is 14.3. The molecule has 0 aliphatic carbocycles. The molecule has 4 N–H and O–H groups in total. The normalized spacial score (nSPS) is 15.8. The van der Waals surface area contributed by atoms with E-state index in [0.717, 1.165) is 49.3 Å². The summed E-state index contributed by atoms with van der Waals surface area (Å²) in [5.74, 6) is 5.80. The molecule has 11 heteroatoms. The maximum Gasteiger partial charge on any atom is 0.416 e. The summed E-state index contributed by atoms with van der Waals surface area (Å²) in [7, 11) is 2.11. The van der Waals surface area contributed by atoms with Crippen LogP contribution in [0.5, 0.6) is 0 Å². The Morgan fingerprint density at radius 1 is 1.20 bits per heavy atom. The molecule has 1 fully saturated rings. The maximum absolute atomic E-state index is 13.0. The van der Waals surface area contributed by atoms with Gasteiger partial charge in [0.2, 0.25) is 5.91 Å². The summed E-state index contributed by atoms with van der Waals surface area (Å²) in [6.45, 7) is 5.77. The SMILES string of the molecule is C/C=C(C)\C(C#Cc1cnc2c(NC(C=NC3CCN(C)CC3)=CN)cccn12)=C/CC(=O)Nc1cccc(C(F)(F)F)c1. The number of hydrogen-bond donors (Lipinski definition) is 3. The highest BCUT2D eigenvalue weighted by Gasteiger charge is 2.30. The van der Waals surface area contributed by atoms with Crippen LogP contribution < -0.4 is 16.4 Å². The Morgan fingerprint density at radius 2 is 1.98 bits per heavy atom. The van der Waals surface area contributed by atoms with Crippen LogP contribution in [0.3, 0.4) is 0 Å². The van der Waals surface area contributed by atoms with E-state index in [2.05, 4.69) is 39.4 Å². The molecule has 1 aromatic carbocycles. The van der Waals surface area contributed by atoms with Gasteiger partial charge >= 0.3 is 6.18 Å². The third-order valence-corrected chi connectivity index (χ3v) is 7.26. The molecule has 230 valence electrons. The molecule has 3 aromatic rings. The number of aromatic nitrogens is 2. The zero-order chi connectivity index (χ0) is 31.7. The van der Waals surface area contributed by atoms with Crippen LogP contribution >= 0.6 is 0 Å². The van der Waals surface area contributed by atoms with Crippen molar-refractivity contribution in [3.8, 4) is 11.8 Å². The number of nitrogens with one attached hydrogen (secondary N) is 2. The minimum Gasteiger partial charge on any atom is -0.403 e. The lowest BCUT2D eigenvalue weighted by Crippen LogP contribution is -2.32. The number of alkyl halides is 3. The van der Waals surface area contributed by atoms with E-state index in [4.69, 9.17) is 10.7 Å². The predicted octanol–water partition coefficient (Wildman–Crippen LogP) is 6.00. The molecule has 2 aromatic heterocycles. The minimum absolute atomic E-state index is 0.0695. The van der Waals surface area contributed by atoms with E-state index in [-0.39, 0.29) is 18.2 Å². The number of pyridine rings is 1. The number of piperidine rings is 1. The van der Waals surface area contributed by atoms with E-state index >= 15 is 0 Å². The van der Waals surface area contributed by atoms with Gasteiger partial charge in [-0.05, 0) is 88.7 Å². The highest BCUT2D eigenvalue weighted by Crippen LogP contribution is 2.30. The first-order valence-electron chi connectivity index (χ1n) is 14.3. The van der Waals surface area contributed by atoms with Crippen molar-refractivity contribution in [2.75, 3.05) is 30.8 Å². The number of rotatable bonds is 8. The Hall–Kier alpha value is -4.82. The Morgan fingerprint density at radius 3 is 2.68 bits per heavy atom. The fraction of sp³-hybridized carbons (Fsp3) is 0.303. The van der Waals surface area contributed by atoms with Gasteiger partial charge in [0.05, 0.1) is 29.2 Å². The van der Waals surface area contributed by atoms with Gasteiger partial charge < -0.3 is 21.3 Å². The number of likely N-dealkylation sites (tertiary alicyclic amines) is 1. The van der Waals surface area contributed by atoms with Crippen molar-refractivity contribution < 1.29 is 18.0 Å². The van der Waals surface area contributed by atoms with Crippen molar-refractivity contribution >= 4 is 29.1 Å². The van der Waals surface area contributed by atoms with E-state index in [9.17, 15) is 18.0 Å². The van der Waals surface area contributed by atoms with Crippen molar-refractivity contribution in [2.45, 2.75) is 45.3 Å². The van der Waals surface area contributed by atoms with Crippen LogP contribution in [0.15, 0.2) is 89.0 Å². The van der Waals surface area contributed by atoms with Gasteiger partial charge in [0, 0.05) is 36.3 Å². The van der Waals surface area contributed by atoms with Crippen LogP contribution in [-0.2, 0) is 11.0 Å². The van der Waals surface area contributed by atoms with E-state index in [1.165, 1.54) is 18.3 Å². The van der Waals surface area contributed by atoms with Gasteiger partial charge in [-0.3, -0.25) is 14.2 Å². The number of carbonyl (C=O) groups excluding carboxylic acids is 1. The zero-order valence-corrected chi connectivity index (χ0v) is 24.9. The maximum atomic E-state index is 13.0. The third-order valence-electron chi connectivity index (χ3n) is 7.26. The average Bonchev–Trinajstić information content (AvgIpc) is 3.43. The summed E-state index contributed by atoms with van der Waals surface area (Å²) < 4.78 is 40.9. The van der Waals surface area contributed by atoms with Gasteiger partial charge in [0.15, 0.2) is 5.65 Å². The molecular formula is C33H36F3N7O.